The summed E-state index contributed by atoms with van der Waals surface area (Å²) in [5, 5.41) is 5.16. The number of carbonyl (C=O) groups excluding carboxylic acids is 2. The number of alkyl halides is 3. The maximum atomic E-state index is 13.5. The van der Waals surface area contributed by atoms with E-state index >= 15 is 0 Å². The summed E-state index contributed by atoms with van der Waals surface area (Å²) in [7, 11) is 1.48. The molecule has 0 spiro atoms. The summed E-state index contributed by atoms with van der Waals surface area (Å²) in [6.45, 7) is 4.76. The van der Waals surface area contributed by atoms with E-state index in [9.17, 15) is 32.3 Å². The normalized spacial score (nSPS) is 15.0. The van der Waals surface area contributed by atoms with Crippen LogP contribution in [0.1, 0.15) is 42.6 Å². The quantitative estimate of drug-likeness (QED) is 0.369. The number of ether oxygens (including phenoxy) is 1. The third-order valence-corrected chi connectivity index (χ3v) is 7.01. The molecule has 10 nitrogen and oxygen atoms in total. The molecule has 1 aliphatic heterocycles. The van der Waals surface area contributed by atoms with Crippen LogP contribution in [0.2, 0.25) is 0 Å². The van der Waals surface area contributed by atoms with Gasteiger partial charge in [0.15, 0.2) is 0 Å². The molecule has 0 saturated carbocycles. The van der Waals surface area contributed by atoms with Crippen LogP contribution in [-0.2, 0) is 11.3 Å². The van der Waals surface area contributed by atoms with Gasteiger partial charge in [-0.15, -0.1) is 0 Å². The number of halogens is 3. The Labute approximate surface area is 233 Å². The van der Waals surface area contributed by atoms with E-state index in [2.05, 4.69) is 15.5 Å². The van der Waals surface area contributed by atoms with Gasteiger partial charge in [-0.2, -0.15) is 13.2 Å². The highest BCUT2D eigenvalue weighted by Crippen LogP contribution is 2.23. The van der Waals surface area contributed by atoms with Crippen LogP contribution in [-0.4, -0.2) is 65.4 Å². The molecular formula is C28H32F3N5O5. The zero-order valence-electron chi connectivity index (χ0n) is 22.8. The minimum Gasteiger partial charge on any atom is -0.383 e. The van der Waals surface area contributed by atoms with Crippen LogP contribution < -0.4 is 21.9 Å². The van der Waals surface area contributed by atoms with Crippen molar-refractivity contribution in [2.24, 2.45) is 0 Å². The number of amides is 2. The first-order valence-electron chi connectivity index (χ1n) is 13.3. The molecule has 1 aromatic heterocycles. The average Bonchev–Trinajstić information content (AvgIpc) is 2.93. The lowest BCUT2D eigenvalue weighted by molar-refractivity contribution is -0.0885. The largest absolute Gasteiger partial charge is 0.454 e. The zero-order chi connectivity index (χ0) is 29.7. The van der Waals surface area contributed by atoms with Crippen LogP contribution in [0.15, 0.2) is 52.1 Å². The molecule has 0 radical (unpaired) electrons. The van der Waals surface area contributed by atoms with E-state index in [0.29, 0.717) is 18.6 Å². The summed E-state index contributed by atoms with van der Waals surface area (Å²) in [5.41, 5.74) is -0.985. The van der Waals surface area contributed by atoms with Gasteiger partial charge < -0.3 is 20.3 Å². The number of anilines is 2. The van der Waals surface area contributed by atoms with E-state index in [1.807, 2.05) is 0 Å². The van der Waals surface area contributed by atoms with Crippen LogP contribution in [0.5, 0.6) is 0 Å². The highest BCUT2D eigenvalue weighted by atomic mass is 19.4. The number of fused-ring (bicyclic) bond motifs is 1. The summed E-state index contributed by atoms with van der Waals surface area (Å²) < 4.78 is 46.3. The third-order valence-electron chi connectivity index (χ3n) is 7.01. The van der Waals surface area contributed by atoms with E-state index in [4.69, 9.17) is 4.74 Å². The Morgan fingerprint density at radius 3 is 2.32 bits per heavy atom. The van der Waals surface area contributed by atoms with Crippen molar-refractivity contribution in [2.45, 2.75) is 44.9 Å². The second kappa shape index (κ2) is 12.7. The van der Waals surface area contributed by atoms with Gasteiger partial charge in [0, 0.05) is 37.1 Å². The number of hydrogen-bond donors (Lipinski definition) is 2. The number of piperidine rings is 1. The van der Waals surface area contributed by atoms with Gasteiger partial charge in [0.25, 0.3) is 11.3 Å². The fraction of sp³-hybridized carbons (Fsp3) is 0.429. The molecule has 0 bridgehead atoms. The second-order valence-corrected chi connectivity index (χ2v) is 10.0. The van der Waals surface area contributed by atoms with Crippen LogP contribution in [0.25, 0.3) is 10.9 Å². The van der Waals surface area contributed by atoms with Crippen molar-refractivity contribution in [2.75, 3.05) is 44.0 Å². The number of Topliss-reactive ketones (excluding diaryl/α,β-unsaturated/α-hetero) is 1. The van der Waals surface area contributed by atoms with E-state index in [0.717, 1.165) is 42.6 Å². The Morgan fingerprint density at radius 2 is 1.66 bits per heavy atom. The monoisotopic (exact) mass is 575 g/mol. The minimum atomic E-state index is -5.05. The first-order chi connectivity index (χ1) is 19.5. The fourth-order valence-corrected chi connectivity index (χ4v) is 5.01. The smallest absolute Gasteiger partial charge is 0.383 e. The fourth-order valence-electron chi connectivity index (χ4n) is 5.01. The number of likely N-dealkylation sites (tertiary alicyclic amines) is 1. The average molecular weight is 576 g/mol. The van der Waals surface area contributed by atoms with Gasteiger partial charge in [-0.1, -0.05) is 18.6 Å². The molecular weight excluding hydrogens is 543 g/mol. The van der Waals surface area contributed by atoms with Gasteiger partial charge in [-0.05, 0) is 63.2 Å². The molecule has 13 heteroatoms. The maximum Gasteiger partial charge on any atom is 0.454 e. The van der Waals surface area contributed by atoms with Gasteiger partial charge >= 0.3 is 17.9 Å². The lowest BCUT2D eigenvalue weighted by Gasteiger charge is -2.27. The first kappa shape index (κ1) is 30.0. The van der Waals surface area contributed by atoms with E-state index < -0.39 is 40.8 Å². The highest BCUT2D eigenvalue weighted by molar-refractivity contribution is 6.04. The molecule has 1 atom stereocenters. The highest BCUT2D eigenvalue weighted by Gasteiger charge is 2.39. The standard InChI is InChI=1S/C28H32F3N5O5/c1-18(17-41-2)36-25(38)22-16-21(9-10-23(22)35(27(36)40)14-13-34-11-4-3-5-12-34)33-26(39)32-20-8-6-7-19(15-20)24(37)28(29,30)31/h6-10,15-16,18H,3-5,11-14,17H2,1-2H3,(H2,32,33,39)/t18-/m1/s1. The van der Waals surface area contributed by atoms with Gasteiger partial charge in [0.1, 0.15) is 0 Å². The number of urea groups is 1. The summed E-state index contributed by atoms with van der Waals surface area (Å²) in [6, 6.07) is 7.71. The van der Waals surface area contributed by atoms with Gasteiger partial charge in [-0.25, -0.2) is 9.59 Å². The second-order valence-electron chi connectivity index (χ2n) is 10.0. The first-order valence-corrected chi connectivity index (χ1v) is 13.3. The Kier molecular flexibility index (Phi) is 9.28. The van der Waals surface area contributed by atoms with Crippen LogP contribution >= 0.6 is 0 Å². The number of aromatic nitrogens is 2. The van der Waals surface area contributed by atoms with Crippen molar-refractivity contribution in [3.63, 3.8) is 0 Å². The summed E-state index contributed by atoms with van der Waals surface area (Å²) in [6.07, 6.45) is -1.67. The number of rotatable bonds is 9. The SMILES string of the molecule is COC[C@@H](C)n1c(=O)c2cc(NC(=O)Nc3cccc(C(=O)C(F)(F)F)c3)ccc2n(CCN2CCCCC2)c1=O. The number of nitrogens with zero attached hydrogens (tertiary/aromatic N) is 3. The van der Waals surface area contributed by atoms with Crippen molar-refractivity contribution in [1.82, 2.24) is 14.0 Å². The van der Waals surface area contributed by atoms with Crippen molar-refractivity contribution in [3.05, 3.63) is 68.9 Å². The topological polar surface area (TPSA) is 115 Å². The van der Waals surface area contributed by atoms with E-state index in [1.54, 1.807) is 17.6 Å². The van der Waals surface area contributed by atoms with Crippen molar-refractivity contribution < 1.29 is 27.5 Å². The van der Waals surface area contributed by atoms with E-state index in [1.165, 1.54) is 37.8 Å². The van der Waals surface area contributed by atoms with Crippen LogP contribution in [0.4, 0.5) is 29.3 Å². The number of nitrogens with one attached hydrogen (secondary N) is 2. The third kappa shape index (κ3) is 7.03. The summed E-state index contributed by atoms with van der Waals surface area (Å²) >= 11 is 0. The number of ketones is 1. The lowest BCUT2D eigenvalue weighted by atomic mass is 10.1. The molecule has 41 heavy (non-hydrogen) atoms. The van der Waals surface area contributed by atoms with Crippen LogP contribution in [0, 0.1) is 0 Å². The van der Waals surface area contributed by atoms with E-state index in [-0.39, 0.29) is 23.4 Å². The van der Waals surface area contributed by atoms with Crippen molar-refractivity contribution in [1.29, 1.82) is 0 Å². The molecule has 220 valence electrons. The molecule has 2 N–H and O–H groups in total. The minimum absolute atomic E-state index is 0.0271. The predicted octanol–water partition coefficient (Wildman–Crippen LogP) is 4.25. The van der Waals surface area contributed by atoms with Gasteiger partial charge in [0.2, 0.25) is 0 Å². The molecule has 2 aromatic carbocycles. The molecule has 0 unspecified atom stereocenters. The number of benzene rings is 2. The number of methoxy groups -OCH3 is 1. The van der Waals surface area contributed by atoms with Crippen molar-refractivity contribution >= 4 is 34.1 Å². The van der Waals surface area contributed by atoms with Gasteiger partial charge in [-0.3, -0.25) is 18.7 Å². The predicted molar refractivity (Wildman–Crippen MR) is 149 cm³/mol. The molecule has 4 rings (SSSR count). The number of hydrogen-bond acceptors (Lipinski definition) is 6. The summed E-state index contributed by atoms with van der Waals surface area (Å²) in [4.78, 5) is 53.4. The van der Waals surface area contributed by atoms with Gasteiger partial charge in [0.05, 0.1) is 23.6 Å². The zero-order valence-corrected chi connectivity index (χ0v) is 22.8. The Hall–Kier alpha value is -3.97. The Bertz CT molecular complexity index is 1540. The molecule has 2 heterocycles. The Morgan fingerprint density at radius 1 is 0.976 bits per heavy atom. The lowest BCUT2D eigenvalue weighted by Crippen LogP contribution is -2.44. The number of carbonyl (C=O) groups is 2. The van der Waals surface area contributed by atoms with Crippen molar-refractivity contribution in [3.8, 4) is 0 Å². The molecule has 2 amide bonds. The Balaban J connectivity index is 1.62. The maximum absolute atomic E-state index is 13.5. The molecule has 1 fully saturated rings. The molecule has 1 aliphatic rings. The molecule has 1 saturated heterocycles. The molecule has 3 aromatic rings. The summed E-state index contributed by atoms with van der Waals surface area (Å²) in [5.74, 6) is -2.03. The molecule has 0 aliphatic carbocycles. The van der Waals surface area contributed by atoms with Crippen LogP contribution in [0.3, 0.4) is 0 Å².